The lowest BCUT2D eigenvalue weighted by Crippen LogP contribution is -2.17. The minimum Gasteiger partial charge on any atom is -0.380 e. The molecule has 70 valence electrons. The van der Waals surface area contributed by atoms with E-state index in [0.717, 1.165) is 5.56 Å². The average Bonchev–Trinajstić information content (AvgIpc) is 2.18. The molecule has 0 radical (unpaired) electrons. The SMILES string of the molecule is CNC(=O)c1ccc(COC)cc1. The number of nitrogens with one attached hydrogen (secondary N) is 1. The fraction of sp³-hybridized carbons (Fsp3) is 0.300. The molecule has 0 saturated carbocycles. The van der Waals surface area contributed by atoms with E-state index in [9.17, 15) is 4.79 Å². The lowest BCUT2D eigenvalue weighted by atomic mass is 10.1. The highest BCUT2D eigenvalue weighted by Gasteiger charge is 2.01. The Morgan fingerprint density at radius 1 is 1.38 bits per heavy atom. The van der Waals surface area contributed by atoms with Gasteiger partial charge < -0.3 is 10.1 Å². The number of benzene rings is 1. The number of carbonyl (C=O) groups excluding carboxylic acids is 1. The molecule has 0 aliphatic rings. The predicted octanol–water partition coefficient (Wildman–Crippen LogP) is 1.19. The Balaban J connectivity index is 2.75. The molecular formula is C10H13NO2. The van der Waals surface area contributed by atoms with Gasteiger partial charge in [0.1, 0.15) is 0 Å². The third-order valence-corrected chi connectivity index (χ3v) is 1.75. The third-order valence-electron chi connectivity index (χ3n) is 1.75. The minimum atomic E-state index is -0.0658. The fourth-order valence-electron chi connectivity index (χ4n) is 1.06. The van der Waals surface area contributed by atoms with Crippen LogP contribution in [0.1, 0.15) is 15.9 Å². The number of rotatable bonds is 3. The Bertz CT molecular complexity index is 279. The smallest absolute Gasteiger partial charge is 0.251 e. The molecule has 0 bridgehead atoms. The van der Waals surface area contributed by atoms with Gasteiger partial charge in [-0.1, -0.05) is 12.1 Å². The van der Waals surface area contributed by atoms with Crippen molar-refractivity contribution in [3.63, 3.8) is 0 Å². The molecule has 1 aromatic rings. The highest BCUT2D eigenvalue weighted by atomic mass is 16.5. The molecule has 0 aliphatic carbocycles. The van der Waals surface area contributed by atoms with Crippen molar-refractivity contribution in [1.29, 1.82) is 0 Å². The van der Waals surface area contributed by atoms with E-state index >= 15 is 0 Å². The molecule has 3 nitrogen and oxygen atoms in total. The normalized spacial score (nSPS) is 9.69. The van der Waals surface area contributed by atoms with Crippen molar-refractivity contribution in [2.24, 2.45) is 0 Å². The van der Waals surface area contributed by atoms with Crippen LogP contribution in [0.4, 0.5) is 0 Å². The maximum atomic E-state index is 11.1. The fourth-order valence-corrected chi connectivity index (χ4v) is 1.06. The molecule has 1 N–H and O–H groups in total. The molecular weight excluding hydrogens is 166 g/mol. The number of carbonyl (C=O) groups is 1. The van der Waals surface area contributed by atoms with Gasteiger partial charge in [0.15, 0.2) is 0 Å². The second-order valence-electron chi connectivity index (χ2n) is 2.71. The summed E-state index contributed by atoms with van der Waals surface area (Å²) in [6.07, 6.45) is 0. The molecule has 0 aromatic heterocycles. The first-order valence-electron chi connectivity index (χ1n) is 4.08. The number of methoxy groups -OCH3 is 1. The molecule has 0 aliphatic heterocycles. The van der Waals surface area contributed by atoms with E-state index in [1.807, 2.05) is 12.1 Å². The summed E-state index contributed by atoms with van der Waals surface area (Å²) >= 11 is 0. The molecule has 3 heteroatoms. The summed E-state index contributed by atoms with van der Waals surface area (Å²) in [6, 6.07) is 7.34. The summed E-state index contributed by atoms with van der Waals surface area (Å²) in [5.74, 6) is -0.0658. The van der Waals surface area contributed by atoms with E-state index < -0.39 is 0 Å². The van der Waals surface area contributed by atoms with Crippen LogP contribution in [0.15, 0.2) is 24.3 Å². The van der Waals surface area contributed by atoms with Crippen molar-refractivity contribution in [2.75, 3.05) is 14.2 Å². The predicted molar refractivity (Wildman–Crippen MR) is 50.5 cm³/mol. The van der Waals surface area contributed by atoms with Crippen LogP contribution < -0.4 is 5.32 Å². The van der Waals surface area contributed by atoms with Crippen molar-refractivity contribution >= 4 is 5.91 Å². The van der Waals surface area contributed by atoms with Crippen molar-refractivity contribution in [3.8, 4) is 0 Å². The second-order valence-corrected chi connectivity index (χ2v) is 2.71. The van der Waals surface area contributed by atoms with Crippen LogP contribution in [0.5, 0.6) is 0 Å². The lowest BCUT2D eigenvalue weighted by Gasteiger charge is -2.01. The maximum absolute atomic E-state index is 11.1. The van der Waals surface area contributed by atoms with Crippen LogP contribution in [-0.4, -0.2) is 20.1 Å². The highest BCUT2D eigenvalue weighted by molar-refractivity contribution is 5.93. The number of amides is 1. The highest BCUT2D eigenvalue weighted by Crippen LogP contribution is 2.04. The van der Waals surface area contributed by atoms with Gasteiger partial charge in [-0.05, 0) is 17.7 Å². The number of hydrogen-bond donors (Lipinski definition) is 1. The molecule has 1 aromatic carbocycles. The van der Waals surface area contributed by atoms with Crippen LogP contribution in [0.3, 0.4) is 0 Å². The summed E-state index contributed by atoms with van der Waals surface area (Å²) in [5.41, 5.74) is 1.73. The summed E-state index contributed by atoms with van der Waals surface area (Å²) in [5, 5.41) is 2.56. The summed E-state index contributed by atoms with van der Waals surface area (Å²) < 4.78 is 4.95. The average molecular weight is 179 g/mol. The van der Waals surface area contributed by atoms with Crippen molar-refractivity contribution < 1.29 is 9.53 Å². The minimum absolute atomic E-state index is 0.0658. The van der Waals surface area contributed by atoms with E-state index in [1.165, 1.54) is 0 Å². The van der Waals surface area contributed by atoms with Gasteiger partial charge in [0.05, 0.1) is 6.61 Å². The van der Waals surface area contributed by atoms with Crippen LogP contribution in [0, 0.1) is 0 Å². The molecule has 0 fully saturated rings. The quantitative estimate of drug-likeness (QED) is 0.757. The van der Waals surface area contributed by atoms with Crippen LogP contribution >= 0.6 is 0 Å². The number of hydrogen-bond acceptors (Lipinski definition) is 2. The monoisotopic (exact) mass is 179 g/mol. The topological polar surface area (TPSA) is 38.3 Å². The van der Waals surface area contributed by atoms with E-state index in [2.05, 4.69) is 5.32 Å². The van der Waals surface area contributed by atoms with Gasteiger partial charge in [-0.25, -0.2) is 0 Å². The van der Waals surface area contributed by atoms with Crippen molar-refractivity contribution in [3.05, 3.63) is 35.4 Å². The van der Waals surface area contributed by atoms with E-state index in [1.54, 1.807) is 26.3 Å². The third kappa shape index (κ3) is 2.56. The molecule has 0 saturated heterocycles. The van der Waals surface area contributed by atoms with Crippen LogP contribution in [-0.2, 0) is 11.3 Å². The Kier molecular flexibility index (Phi) is 3.46. The molecule has 0 atom stereocenters. The standard InChI is InChI=1S/C10H13NO2/c1-11-10(12)9-5-3-8(4-6-9)7-13-2/h3-6H,7H2,1-2H3,(H,11,12). The van der Waals surface area contributed by atoms with Crippen LogP contribution in [0.25, 0.3) is 0 Å². The molecule has 13 heavy (non-hydrogen) atoms. The van der Waals surface area contributed by atoms with Gasteiger partial charge in [0.25, 0.3) is 5.91 Å². The Labute approximate surface area is 77.7 Å². The Hall–Kier alpha value is -1.35. The van der Waals surface area contributed by atoms with Gasteiger partial charge >= 0.3 is 0 Å². The number of ether oxygens (including phenoxy) is 1. The van der Waals surface area contributed by atoms with Crippen molar-refractivity contribution in [1.82, 2.24) is 5.32 Å². The molecule has 0 spiro atoms. The van der Waals surface area contributed by atoms with E-state index in [0.29, 0.717) is 12.2 Å². The lowest BCUT2D eigenvalue weighted by molar-refractivity contribution is 0.0963. The zero-order valence-electron chi connectivity index (χ0n) is 7.83. The van der Waals surface area contributed by atoms with Gasteiger partial charge in [0.2, 0.25) is 0 Å². The van der Waals surface area contributed by atoms with E-state index in [-0.39, 0.29) is 5.91 Å². The summed E-state index contributed by atoms with van der Waals surface area (Å²) in [7, 11) is 3.26. The van der Waals surface area contributed by atoms with Gasteiger partial charge in [0, 0.05) is 19.7 Å². The molecule has 1 amide bonds. The first-order chi connectivity index (χ1) is 6.27. The molecule has 0 heterocycles. The zero-order valence-corrected chi connectivity index (χ0v) is 7.83. The second kappa shape index (κ2) is 4.62. The zero-order chi connectivity index (χ0) is 9.68. The largest absolute Gasteiger partial charge is 0.380 e. The first-order valence-corrected chi connectivity index (χ1v) is 4.08. The Morgan fingerprint density at radius 3 is 2.46 bits per heavy atom. The van der Waals surface area contributed by atoms with Gasteiger partial charge in [-0.2, -0.15) is 0 Å². The molecule has 0 unspecified atom stereocenters. The first kappa shape index (κ1) is 9.74. The van der Waals surface area contributed by atoms with Crippen molar-refractivity contribution in [2.45, 2.75) is 6.61 Å². The van der Waals surface area contributed by atoms with Gasteiger partial charge in [-0.15, -0.1) is 0 Å². The maximum Gasteiger partial charge on any atom is 0.251 e. The van der Waals surface area contributed by atoms with Gasteiger partial charge in [-0.3, -0.25) is 4.79 Å². The van der Waals surface area contributed by atoms with E-state index in [4.69, 9.17) is 4.74 Å². The summed E-state index contributed by atoms with van der Waals surface area (Å²) in [6.45, 7) is 0.577. The Morgan fingerprint density at radius 2 is 2.00 bits per heavy atom. The molecule has 1 rings (SSSR count). The summed E-state index contributed by atoms with van der Waals surface area (Å²) in [4.78, 5) is 11.1. The van der Waals surface area contributed by atoms with Crippen LogP contribution in [0.2, 0.25) is 0 Å².